The van der Waals surface area contributed by atoms with Crippen LogP contribution < -0.4 is 14.8 Å². The summed E-state index contributed by atoms with van der Waals surface area (Å²) in [5.74, 6) is 0.266. The Kier molecular flexibility index (Phi) is 5.87. The summed E-state index contributed by atoms with van der Waals surface area (Å²) in [7, 11) is -2.05. The highest BCUT2D eigenvalue weighted by atomic mass is 32.2. The van der Waals surface area contributed by atoms with E-state index >= 15 is 0 Å². The molecule has 0 bridgehead atoms. The second-order valence-electron chi connectivity index (χ2n) is 7.39. The second kappa shape index (κ2) is 8.76. The van der Waals surface area contributed by atoms with Gasteiger partial charge in [-0.15, -0.1) is 0 Å². The maximum absolute atomic E-state index is 13.6. The third-order valence-electron chi connectivity index (χ3n) is 5.06. The lowest BCUT2D eigenvalue weighted by molar-refractivity contribution is 0.0971. The van der Waals surface area contributed by atoms with Crippen LogP contribution >= 0.6 is 0 Å². The number of H-pyrrole nitrogens is 1. The molecule has 0 saturated carbocycles. The van der Waals surface area contributed by atoms with Crippen molar-refractivity contribution >= 4 is 38.1 Å². The summed E-state index contributed by atoms with van der Waals surface area (Å²) in [4.78, 5) is 16.8. The van der Waals surface area contributed by atoms with E-state index in [-0.39, 0.29) is 11.5 Å². The van der Waals surface area contributed by atoms with Gasteiger partial charge in [0.05, 0.1) is 19.1 Å². The van der Waals surface area contributed by atoms with Crippen LogP contribution in [0.5, 0.6) is 5.75 Å². The van der Waals surface area contributed by atoms with E-state index in [2.05, 4.69) is 15.0 Å². The number of ether oxygens (including phenoxy) is 1. The van der Waals surface area contributed by atoms with E-state index in [1.807, 2.05) is 54.6 Å². The molecule has 8 heteroatoms. The number of Topliss-reactive ketones (excluding diaryl/α,β-unsaturated/α-hetero) is 1. The van der Waals surface area contributed by atoms with E-state index in [9.17, 15) is 13.2 Å². The van der Waals surface area contributed by atoms with Gasteiger partial charge in [-0.25, -0.2) is 8.42 Å². The second-order valence-corrected chi connectivity index (χ2v) is 9.14. The van der Waals surface area contributed by atoms with Crippen LogP contribution in [0, 0.1) is 0 Å². The van der Waals surface area contributed by atoms with Gasteiger partial charge < -0.3 is 15.0 Å². The summed E-state index contributed by atoms with van der Waals surface area (Å²) in [6.45, 7) is 0. The van der Waals surface area contributed by atoms with Crippen molar-refractivity contribution in [2.24, 2.45) is 0 Å². The number of hydrogen-bond donors (Lipinski definition) is 3. The van der Waals surface area contributed by atoms with Crippen molar-refractivity contribution in [3.05, 3.63) is 90.1 Å². The van der Waals surface area contributed by atoms with Gasteiger partial charge in [-0.2, -0.15) is 0 Å². The molecule has 3 aromatic carbocycles. The lowest BCUT2D eigenvalue weighted by Crippen LogP contribution is -2.21. The number of aromatic amines is 1. The van der Waals surface area contributed by atoms with Gasteiger partial charge in [-0.05, 0) is 29.8 Å². The van der Waals surface area contributed by atoms with Crippen LogP contribution in [0.1, 0.15) is 22.0 Å². The zero-order valence-corrected chi connectivity index (χ0v) is 18.4. The monoisotopic (exact) mass is 449 g/mol. The third kappa shape index (κ3) is 4.60. The number of ketones is 1. The van der Waals surface area contributed by atoms with E-state index in [0.29, 0.717) is 17.0 Å². The topological polar surface area (TPSA) is 100 Å². The van der Waals surface area contributed by atoms with Crippen molar-refractivity contribution in [1.29, 1.82) is 0 Å². The number of benzene rings is 3. The summed E-state index contributed by atoms with van der Waals surface area (Å²) in [5.41, 5.74) is 3.10. The molecule has 0 amide bonds. The minimum Gasteiger partial charge on any atom is -0.495 e. The first-order valence-electron chi connectivity index (χ1n) is 9.93. The summed E-state index contributed by atoms with van der Waals surface area (Å²) >= 11 is 0. The van der Waals surface area contributed by atoms with Crippen LogP contribution in [0.15, 0.2) is 79.0 Å². The molecule has 0 aliphatic rings. The molecule has 0 aliphatic heterocycles. The molecule has 3 N–H and O–H groups in total. The molecule has 0 radical (unpaired) electrons. The predicted octanol–water partition coefficient (Wildman–Crippen LogP) is 4.58. The molecule has 7 nitrogen and oxygen atoms in total. The van der Waals surface area contributed by atoms with Crippen LogP contribution in [0.25, 0.3) is 10.9 Å². The van der Waals surface area contributed by atoms with Crippen molar-refractivity contribution in [3.63, 3.8) is 0 Å². The Balaban J connectivity index is 1.74. The van der Waals surface area contributed by atoms with Crippen LogP contribution in [0.2, 0.25) is 0 Å². The van der Waals surface area contributed by atoms with E-state index in [0.717, 1.165) is 22.7 Å². The first-order valence-corrected chi connectivity index (χ1v) is 11.8. The number of methoxy groups -OCH3 is 1. The number of anilines is 2. The predicted molar refractivity (Wildman–Crippen MR) is 127 cm³/mol. The average Bonchev–Trinajstić information content (AvgIpc) is 3.21. The fourth-order valence-electron chi connectivity index (χ4n) is 3.62. The van der Waals surface area contributed by atoms with Gasteiger partial charge in [-0.1, -0.05) is 48.5 Å². The van der Waals surface area contributed by atoms with Gasteiger partial charge in [0.1, 0.15) is 11.8 Å². The van der Waals surface area contributed by atoms with Crippen molar-refractivity contribution in [3.8, 4) is 5.75 Å². The van der Waals surface area contributed by atoms with Gasteiger partial charge in [0.2, 0.25) is 10.0 Å². The quantitative estimate of drug-likeness (QED) is 0.342. The number of fused-ring (bicyclic) bond motifs is 1. The maximum Gasteiger partial charge on any atom is 0.229 e. The smallest absolute Gasteiger partial charge is 0.229 e. The van der Waals surface area contributed by atoms with Crippen LogP contribution in [0.3, 0.4) is 0 Å². The maximum atomic E-state index is 13.6. The van der Waals surface area contributed by atoms with Gasteiger partial charge in [0, 0.05) is 28.4 Å². The molecule has 0 saturated heterocycles. The SMILES string of the molecule is COc1ccc(NC(C(=O)c2c[nH]c3ccccc23)c2ccccc2)cc1NS(C)(=O)=O. The molecule has 164 valence electrons. The first-order chi connectivity index (χ1) is 15.4. The average molecular weight is 450 g/mol. The Morgan fingerprint density at radius 3 is 2.44 bits per heavy atom. The molecule has 1 atom stereocenters. The highest BCUT2D eigenvalue weighted by molar-refractivity contribution is 7.92. The molecular formula is C24H23N3O4S. The molecule has 0 spiro atoms. The van der Waals surface area contributed by atoms with Gasteiger partial charge in [0.15, 0.2) is 5.78 Å². The standard InChI is InChI=1S/C24H23N3O4S/c1-31-22-13-12-17(14-21(22)27-32(2,29)30)26-23(16-8-4-3-5-9-16)24(28)19-15-25-20-11-7-6-10-18(19)20/h3-15,23,25-27H,1-2H3. The number of para-hydroxylation sites is 1. The fraction of sp³-hybridized carbons (Fsp3) is 0.125. The Labute approximate surface area is 186 Å². The third-order valence-corrected chi connectivity index (χ3v) is 5.65. The minimum atomic E-state index is -3.51. The number of sulfonamides is 1. The lowest BCUT2D eigenvalue weighted by Gasteiger charge is -2.20. The number of rotatable bonds is 8. The molecule has 4 rings (SSSR count). The highest BCUT2D eigenvalue weighted by Crippen LogP contribution is 2.32. The summed E-state index contributed by atoms with van der Waals surface area (Å²) in [6, 6.07) is 21.3. The van der Waals surface area contributed by atoms with Crippen molar-refractivity contribution < 1.29 is 17.9 Å². The highest BCUT2D eigenvalue weighted by Gasteiger charge is 2.25. The van der Waals surface area contributed by atoms with E-state index in [1.165, 1.54) is 7.11 Å². The number of carbonyl (C=O) groups is 1. The van der Waals surface area contributed by atoms with Crippen molar-refractivity contribution in [2.45, 2.75) is 6.04 Å². The summed E-state index contributed by atoms with van der Waals surface area (Å²) in [5, 5.41) is 4.11. The number of aromatic nitrogens is 1. The molecule has 4 aromatic rings. The number of carbonyl (C=O) groups excluding carboxylic acids is 1. The Hall–Kier alpha value is -3.78. The zero-order valence-electron chi connectivity index (χ0n) is 17.6. The van der Waals surface area contributed by atoms with Crippen molar-refractivity contribution in [2.75, 3.05) is 23.4 Å². The van der Waals surface area contributed by atoms with E-state index < -0.39 is 16.1 Å². The molecule has 0 aliphatic carbocycles. The minimum absolute atomic E-state index is 0.109. The van der Waals surface area contributed by atoms with Crippen LogP contribution in [-0.4, -0.2) is 32.6 Å². The summed E-state index contributed by atoms with van der Waals surface area (Å²) < 4.78 is 31.3. The van der Waals surface area contributed by atoms with Crippen molar-refractivity contribution in [1.82, 2.24) is 4.98 Å². The molecule has 1 unspecified atom stereocenters. The van der Waals surface area contributed by atoms with Crippen LogP contribution in [-0.2, 0) is 10.0 Å². The van der Waals surface area contributed by atoms with Crippen LogP contribution in [0.4, 0.5) is 11.4 Å². The Bertz CT molecular complexity index is 1360. The first kappa shape index (κ1) is 21.5. The van der Waals surface area contributed by atoms with E-state index in [1.54, 1.807) is 24.4 Å². The normalized spacial score (nSPS) is 12.3. The molecule has 32 heavy (non-hydrogen) atoms. The Morgan fingerprint density at radius 1 is 1.00 bits per heavy atom. The van der Waals surface area contributed by atoms with Gasteiger partial charge in [0.25, 0.3) is 0 Å². The van der Waals surface area contributed by atoms with Gasteiger partial charge in [-0.3, -0.25) is 9.52 Å². The van der Waals surface area contributed by atoms with Gasteiger partial charge >= 0.3 is 0 Å². The fourth-order valence-corrected chi connectivity index (χ4v) is 4.18. The Morgan fingerprint density at radius 2 is 1.72 bits per heavy atom. The number of hydrogen-bond acceptors (Lipinski definition) is 5. The van der Waals surface area contributed by atoms with E-state index in [4.69, 9.17) is 4.74 Å². The number of nitrogens with one attached hydrogen (secondary N) is 3. The zero-order chi connectivity index (χ0) is 22.7. The lowest BCUT2D eigenvalue weighted by atomic mass is 9.96. The molecule has 1 aromatic heterocycles. The molecule has 0 fully saturated rings. The molecular weight excluding hydrogens is 426 g/mol. The molecule has 1 heterocycles. The largest absolute Gasteiger partial charge is 0.495 e. The summed E-state index contributed by atoms with van der Waals surface area (Å²) in [6.07, 6.45) is 2.79.